The lowest BCUT2D eigenvalue weighted by atomic mass is 9.88. The fourth-order valence-corrected chi connectivity index (χ4v) is 3.07. The van der Waals surface area contributed by atoms with Gasteiger partial charge < -0.3 is 4.74 Å². The van der Waals surface area contributed by atoms with Crippen LogP contribution in [0.4, 0.5) is 0 Å². The van der Waals surface area contributed by atoms with E-state index in [1.807, 2.05) is 0 Å². The third-order valence-electron chi connectivity index (χ3n) is 3.10. The van der Waals surface area contributed by atoms with E-state index in [0.717, 1.165) is 28.6 Å². The van der Waals surface area contributed by atoms with Crippen molar-refractivity contribution in [2.45, 2.75) is 32.3 Å². The number of rotatable bonds is 3. The molecule has 0 atom stereocenters. The molecule has 4 heteroatoms. The molecule has 1 aliphatic rings. The van der Waals surface area contributed by atoms with Gasteiger partial charge in [-0.05, 0) is 58.8 Å². The highest BCUT2D eigenvalue weighted by atomic mass is 79.9. The molecule has 3 nitrogen and oxygen atoms in total. The second-order valence-corrected chi connectivity index (χ2v) is 4.88. The zero-order valence-corrected chi connectivity index (χ0v) is 11.0. The first-order valence-electron chi connectivity index (χ1n) is 5.46. The Morgan fingerprint density at radius 2 is 2.12 bits per heavy atom. The third kappa shape index (κ3) is 2.10. The largest absolute Gasteiger partial charge is 0.495 e. The van der Waals surface area contributed by atoms with Crippen LogP contribution in [-0.2, 0) is 24.3 Å². The Morgan fingerprint density at radius 3 is 2.81 bits per heavy atom. The van der Waals surface area contributed by atoms with Crippen molar-refractivity contribution in [2.24, 2.45) is 5.90 Å². The maximum atomic E-state index is 5.41. The molecule has 0 aromatic heterocycles. The van der Waals surface area contributed by atoms with Crippen LogP contribution in [-0.4, -0.2) is 7.11 Å². The van der Waals surface area contributed by atoms with Crippen molar-refractivity contribution in [3.63, 3.8) is 0 Å². The van der Waals surface area contributed by atoms with Gasteiger partial charge in [0.05, 0.1) is 18.2 Å². The molecule has 2 N–H and O–H groups in total. The van der Waals surface area contributed by atoms with Gasteiger partial charge in [-0.25, -0.2) is 5.90 Å². The molecule has 0 saturated heterocycles. The van der Waals surface area contributed by atoms with Crippen molar-refractivity contribution >= 4 is 15.9 Å². The normalized spacial score (nSPS) is 14.7. The summed E-state index contributed by atoms with van der Waals surface area (Å²) in [6, 6.07) is 2.16. The molecule has 88 valence electrons. The van der Waals surface area contributed by atoms with Gasteiger partial charge >= 0.3 is 0 Å². The highest BCUT2D eigenvalue weighted by Crippen LogP contribution is 2.37. The molecule has 1 aromatic carbocycles. The predicted octanol–water partition coefficient (Wildman–Crippen LogP) is 2.73. The third-order valence-corrected chi connectivity index (χ3v) is 3.69. The van der Waals surface area contributed by atoms with Gasteiger partial charge in [0.15, 0.2) is 0 Å². The van der Waals surface area contributed by atoms with Crippen molar-refractivity contribution in [3.8, 4) is 5.75 Å². The van der Waals surface area contributed by atoms with E-state index in [1.165, 1.54) is 24.0 Å². The molecule has 0 fully saturated rings. The lowest BCUT2D eigenvalue weighted by molar-refractivity contribution is 0.121. The van der Waals surface area contributed by atoms with E-state index in [0.29, 0.717) is 6.61 Å². The SMILES string of the molecule is COc1c(Br)cc2c(c1CON)CCCC2. The molecule has 16 heavy (non-hydrogen) atoms. The summed E-state index contributed by atoms with van der Waals surface area (Å²) in [6.07, 6.45) is 4.72. The summed E-state index contributed by atoms with van der Waals surface area (Å²) in [5.41, 5.74) is 3.84. The average molecular weight is 286 g/mol. The zero-order chi connectivity index (χ0) is 11.5. The Balaban J connectivity index is 2.54. The van der Waals surface area contributed by atoms with Crippen LogP contribution < -0.4 is 10.6 Å². The smallest absolute Gasteiger partial charge is 0.138 e. The first-order chi connectivity index (χ1) is 7.77. The molecule has 0 bridgehead atoms. The maximum absolute atomic E-state index is 5.41. The van der Waals surface area contributed by atoms with E-state index in [9.17, 15) is 0 Å². The second kappa shape index (κ2) is 5.17. The molecule has 2 rings (SSSR count). The molecule has 0 radical (unpaired) electrons. The number of hydrogen-bond acceptors (Lipinski definition) is 3. The molecule has 0 saturated carbocycles. The zero-order valence-electron chi connectivity index (χ0n) is 9.38. The number of nitrogens with two attached hydrogens (primary N) is 1. The van der Waals surface area contributed by atoms with E-state index < -0.39 is 0 Å². The quantitative estimate of drug-likeness (QED) is 0.869. The van der Waals surface area contributed by atoms with Crippen LogP contribution in [0.15, 0.2) is 10.5 Å². The van der Waals surface area contributed by atoms with Crippen LogP contribution in [0.25, 0.3) is 0 Å². The van der Waals surface area contributed by atoms with Gasteiger partial charge in [-0.1, -0.05) is 0 Å². The van der Waals surface area contributed by atoms with Crippen molar-refractivity contribution < 1.29 is 9.57 Å². The minimum Gasteiger partial charge on any atom is -0.495 e. The molecule has 0 unspecified atom stereocenters. The number of benzene rings is 1. The number of halogens is 1. The molecule has 1 aromatic rings. The van der Waals surface area contributed by atoms with E-state index in [2.05, 4.69) is 22.0 Å². The number of ether oxygens (including phenoxy) is 1. The maximum Gasteiger partial charge on any atom is 0.138 e. The van der Waals surface area contributed by atoms with Crippen LogP contribution >= 0.6 is 15.9 Å². The van der Waals surface area contributed by atoms with Gasteiger partial charge in [0, 0.05) is 5.56 Å². The molecule has 0 heterocycles. The van der Waals surface area contributed by atoms with Crippen molar-refractivity contribution in [2.75, 3.05) is 7.11 Å². The first-order valence-corrected chi connectivity index (χ1v) is 6.26. The van der Waals surface area contributed by atoms with E-state index >= 15 is 0 Å². The Kier molecular flexibility index (Phi) is 3.84. The number of hydrogen-bond donors (Lipinski definition) is 1. The van der Waals surface area contributed by atoms with Crippen LogP contribution in [0.1, 0.15) is 29.5 Å². The fraction of sp³-hybridized carbons (Fsp3) is 0.500. The first kappa shape index (κ1) is 11.9. The van der Waals surface area contributed by atoms with Gasteiger partial charge in [0.2, 0.25) is 0 Å². The Bertz CT molecular complexity index is 393. The van der Waals surface area contributed by atoms with Gasteiger partial charge in [-0.15, -0.1) is 0 Å². The van der Waals surface area contributed by atoms with Gasteiger partial charge in [-0.2, -0.15) is 0 Å². The summed E-state index contributed by atoms with van der Waals surface area (Å²) in [6.45, 7) is 0.408. The minimum atomic E-state index is 0.408. The Labute approximate surface area is 104 Å². The number of methoxy groups -OCH3 is 1. The molecule has 1 aliphatic carbocycles. The highest BCUT2D eigenvalue weighted by Gasteiger charge is 2.19. The summed E-state index contributed by atoms with van der Waals surface area (Å²) in [5.74, 6) is 6.05. The predicted molar refractivity (Wildman–Crippen MR) is 66.3 cm³/mol. The molecule has 0 spiro atoms. The van der Waals surface area contributed by atoms with Crippen LogP contribution in [0, 0.1) is 0 Å². The molecular formula is C12H16BrNO2. The standard InChI is InChI=1S/C12H16BrNO2/c1-15-12-10(7-16-14)9-5-3-2-4-8(9)6-11(12)13/h6H,2-5,7,14H2,1H3. The molecular weight excluding hydrogens is 270 g/mol. The van der Waals surface area contributed by atoms with Gasteiger partial charge in [-0.3, -0.25) is 4.84 Å². The van der Waals surface area contributed by atoms with Crippen molar-refractivity contribution in [1.82, 2.24) is 0 Å². The van der Waals surface area contributed by atoms with Crippen molar-refractivity contribution in [1.29, 1.82) is 0 Å². The lowest BCUT2D eigenvalue weighted by Crippen LogP contribution is -2.11. The summed E-state index contributed by atoms with van der Waals surface area (Å²) in [7, 11) is 1.68. The van der Waals surface area contributed by atoms with Crippen LogP contribution in [0.5, 0.6) is 5.75 Å². The summed E-state index contributed by atoms with van der Waals surface area (Å²) in [4.78, 5) is 4.79. The van der Waals surface area contributed by atoms with E-state index in [4.69, 9.17) is 15.5 Å². The second-order valence-electron chi connectivity index (χ2n) is 4.03. The van der Waals surface area contributed by atoms with Crippen molar-refractivity contribution in [3.05, 3.63) is 27.2 Å². The lowest BCUT2D eigenvalue weighted by Gasteiger charge is -2.22. The Morgan fingerprint density at radius 1 is 1.38 bits per heavy atom. The number of fused-ring (bicyclic) bond motifs is 1. The van der Waals surface area contributed by atoms with E-state index in [1.54, 1.807) is 7.11 Å². The minimum absolute atomic E-state index is 0.408. The average Bonchev–Trinajstić information content (AvgIpc) is 2.29. The summed E-state index contributed by atoms with van der Waals surface area (Å²) in [5, 5.41) is 0. The molecule has 0 aliphatic heterocycles. The van der Waals surface area contributed by atoms with Crippen LogP contribution in [0.3, 0.4) is 0 Å². The summed E-state index contributed by atoms with van der Waals surface area (Å²) < 4.78 is 6.40. The number of aryl methyl sites for hydroxylation is 1. The Hall–Kier alpha value is -0.580. The monoisotopic (exact) mass is 285 g/mol. The van der Waals surface area contributed by atoms with Gasteiger partial charge in [0.25, 0.3) is 0 Å². The van der Waals surface area contributed by atoms with Gasteiger partial charge in [0.1, 0.15) is 5.75 Å². The molecule has 0 amide bonds. The topological polar surface area (TPSA) is 44.5 Å². The van der Waals surface area contributed by atoms with E-state index in [-0.39, 0.29) is 0 Å². The fourth-order valence-electron chi connectivity index (χ4n) is 2.39. The highest BCUT2D eigenvalue weighted by molar-refractivity contribution is 9.10. The van der Waals surface area contributed by atoms with Crippen LogP contribution in [0.2, 0.25) is 0 Å². The summed E-state index contributed by atoms with van der Waals surface area (Å²) >= 11 is 3.54.